The van der Waals surface area contributed by atoms with Gasteiger partial charge in [0, 0.05) is 5.56 Å². The Labute approximate surface area is 157 Å². The van der Waals surface area contributed by atoms with E-state index in [-0.39, 0.29) is 11.9 Å². The van der Waals surface area contributed by atoms with Crippen LogP contribution in [0.4, 0.5) is 5.00 Å². The van der Waals surface area contributed by atoms with E-state index in [1.165, 1.54) is 60.8 Å². The molecule has 2 aromatic rings. The van der Waals surface area contributed by atoms with Gasteiger partial charge in [0.2, 0.25) is 0 Å². The SMILES string of the molecule is COC(=O)c1ccc(NC(=O)c2cc3c4c(c2)CCCC4(C)CCC3)s1. The lowest BCUT2D eigenvalue weighted by atomic mass is 9.63. The third-order valence-corrected chi connectivity index (χ3v) is 6.73. The van der Waals surface area contributed by atoms with Gasteiger partial charge in [0.05, 0.1) is 12.1 Å². The number of thiophene rings is 1. The van der Waals surface area contributed by atoms with Crippen LogP contribution in [-0.4, -0.2) is 19.0 Å². The van der Waals surface area contributed by atoms with Gasteiger partial charge in [-0.25, -0.2) is 4.79 Å². The molecule has 4 rings (SSSR count). The highest BCUT2D eigenvalue weighted by Gasteiger charge is 2.36. The molecule has 26 heavy (non-hydrogen) atoms. The van der Waals surface area contributed by atoms with Gasteiger partial charge in [-0.3, -0.25) is 4.79 Å². The number of benzene rings is 1. The first-order valence-corrected chi connectivity index (χ1v) is 9.97. The molecular weight excluding hydrogens is 346 g/mol. The summed E-state index contributed by atoms with van der Waals surface area (Å²) >= 11 is 1.23. The van der Waals surface area contributed by atoms with Crippen LogP contribution in [0.1, 0.15) is 69.3 Å². The molecule has 0 spiro atoms. The van der Waals surface area contributed by atoms with E-state index in [1.807, 2.05) is 0 Å². The van der Waals surface area contributed by atoms with E-state index in [0.29, 0.717) is 15.3 Å². The summed E-state index contributed by atoms with van der Waals surface area (Å²) < 4.78 is 4.72. The third kappa shape index (κ3) is 2.94. The summed E-state index contributed by atoms with van der Waals surface area (Å²) in [5, 5.41) is 3.59. The van der Waals surface area contributed by atoms with Crippen molar-refractivity contribution in [3.63, 3.8) is 0 Å². The van der Waals surface area contributed by atoms with Crippen molar-refractivity contribution in [2.45, 2.75) is 50.9 Å². The lowest BCUT2D eigenvalue weighted by molar-refractivity contribution is 0.0606. The number of amides is 1. The maximum atomic E-state index is 12.8. The molecule has 136 valence electrons. The fraction of sp³-hybridized carbons (Fsp3) is 0.429. The van der Waals surface area contributed by atoms with Gasteiger partial charge in [-0.15, -0.1) is 11.3 Å². The van der Waals surface area contributed by atoms with Gasteiger partial charge >= 0.3 is 5.97 Å². The highest BCUT2D eigenvalue weighted by atomic mass is 32.1. The van der Waals surface area contributed by atoms with E-state index in [2.05, 4.69) is 24.4 Å². The first-order valence-electron chi connectivity index (χ1n) is 9.16. The second-order valence-corrected chi connectivity index (χ2v) is 8.63. The standard InChI is InChI=1S/C21H23NO3S/c1-21-9-3-5-13-11-15(12-14(18(13)21)6-4-10-21)19(23)22-17-8-7-16(26-17)20(24)25-2/h7-8,11-12H,3-6,9-10H2,1-2H3,(H,22,23). The molecule has 1 aromatic carbocycles. The minimum atomic E-state index is -0.381. The number of ether oxygens (including phenoxy) is 1. The summed E-state index contributed by atoms with van der Waals surface area (Å²) in [6.07, 6.45) is 7.02. The van der Waals surface area contributed by atoms with Crippen LogP contribution in [0.3, 0.4) is 0 Å². The zero-order chi connectivity index (χ0) is 18.3. The number of methoxy groups -OCH3 is 1. The number of anilines is 1. The van der Waals surface area contributed by atoms with Crippen molar-refractivity contribution >= 4 is 28.2 Å². The lowest BCUT2D eigenvalue weighted by Gasteiger charge is -2.41. The molecule has 2 aliphatic carbocycles. The molecule has 1 N–H and O–H groups in total. The molecule has 0 fully saturated rings. The predicted molar refractivity (Wildman–Crippen MR) is 103 cm³/mol. The first-order chi connectivity index (χ1) is 12.5. The van der Waals surface area contributed by atoms with Gasteiger partial charge < -0.3 is 10.1 Å². The Hall–Kier alpha value is -2.14. The smallest absolute Gasteiger partial charge is 0.348 e. The number of aryl methyl sites for hydroxylation is 2. The Morgan fingerprint density at radius 3 is 2.38 bits per heavy atom. The second-order valence-electron chi connectivity index (χ2n) is 7.55. The van der Waals surface area contributed by atoms with Crippen LogP contribution >= 0.6 is 11.3 Å². The van der Waals surface area contributed by atoms with Gasteiger partial charge in [0.25, 0.3) is 5.91 Å². The Morgan fingerprint density at radius 1 is 1.12 bits per heavy atom. The average Bonchev–Trinajstić information content (AvgIpc) is 3.09. The van der Waals surface area contributed by atoms with Gasteiger partial charge in [-0.1, -0.05) is 6.92 Å². The maximum Gasteiger partial charge on any atom is 0.348 e. The molecule has 1 heterocycles. The van der Waals surface area contributed by atoms with E-state index < -0.39 is 0 Å². The van der Waals surface area contributed by atoms with Crippen LogP contribution < -0.4 is 5.32 Å². The molecule has 0 saturated carbocycles. The molecule has 0 bridgehead atoms. The molecule has 0 unspecified atom stereocenters. The fourth-order valence-electron chi connectivity index (χ4n) is 4.58. The van der Waals surface area contributed by atoms with Crippen molar-refractivity contribution in [3.8, 4) is 0 Å². The van der Waals surface area contributed by atoms with Crippen molar-refractivity contribution in [1.82, 2.24) is 0 Å². The largest absolute Gasteiger partial charge is 0.465 e. The summed E-state index contributed by atoms with van der Waals surface area (Å²) in [6.45, 7) is 2.38. The molecule has 4 nitrogen and oxygen atoms in total. The quantitative estimate of drug-likeness (QED) is 0.797. The highest BCUT2D eigenvalue weighted by molar-refractivity contribution is 7.18. The minimum Gasteiger partial charge on any atom is -0.465 e. The molecule has 2 aliphatic rings. The van der Waals surface area contributed by atoms with Gasteiger partial charge in [0.1, 0.15) is 4.88 Å². The van der Waals surface area contributed by atoms with Crippen molar-refractivity contribution in [1.29, 1.82) is 0 Å². The fourth-order valence-corrected chi connectivity index (χ4v) is 5.40. The van der Waals surface area contributed by atoms with E-state index >= 15 is 0 Å². The van der Waals surface area contributed by atoms with Crippen LogP contribution in [-0.2, 0) is 23.0 Å². The average molecular weight is 369 g/mol. The van der Waals surface area contributed by atoms with E-state index in [1.54, 1.807) is 12.1 Å². The zero-order valence-electron chi connectivity index (χ0n) is 15.2. The lowest BCUT2D eigenvalue weighted by Crippen LogP contribution is -2.32. The van der Waals surface area contributed by atoms with Gasteiger partial charge in [-0.05, 0) is 84.9 Å². The molecule has 0 aliphatic heterocycles. The van der Waals surface area contributed by atoms with E-state index in [4.69, 9.17) is 4.74 Å². The topological polar surface area (TPSA) is 55.4 Å². The minimum absolute atomic E-state index is 0.111. The Bertz CT molecular complexity index is 852. The molecule has 0 saturated heterocycles. The van der Waals surface area contributed by atoms with Crippen molar-refractivity contribution in [3.05, 3.63) is 51.4 Å². The normalized spacial score (nSPS) is 17.3. The number of carbonyl (C=O) groups is 2. The molecule has 0 atom stereocenters. The van der Waals surface area contributed by atoms with Crippen molar-refractivity contribution in [2.24, 2.45) is 0 Å². The van der Waals surface area contributed by atoms with Gasteiger partial charge in [-0.2, -0.15) is 0 Å². The van der Waals surface area contributed by atoms with Crippen LogP contribution in [0.25, 0.3) is 0 Å². The number of nitrogens with one attached hydrogen (secondary N) is 1. The Balaban J connectivity index is 1.61. The molecular formula is C21H23NO3S. The Morgan fingerprint density at radius 2 is 1.77 bits per heavy atom. The monoisotopic (exact) mass is 369 g/mol. The highest BCUT2D eigenvalue weighted by Crippen LogP contribution is 2.46. The summed E-state index contributed by atoms with van der Waals surface area (Å²) in [6, 6.07) is 7.57. The van der Waals surface area contributed by atoms with Gasteiger partial charge in [0.15, 0.2) is 0 Å². The summed E-state index contributed by atoms with van der Waals surface area (Å²) in [5.74, 6) is -0.492. The predicted octanol–water partition coefficient (Wildman–Crippen LogP) is 4.72. The molecule has 1 amide bonds. The van der Waals surface area contributed by atoms with Crippen LogP contribution in [0.15, 0.2) is 24.3 Å². The number of rotatable bonds is 3. The van der Waals surface area contributed by atoms with Crippen molar-refractivity contribution < 1.29 is 14.3 Å². The molecule has 0 radical (unpaired) electrons. The third-order valence-electron chi connectivity index (χ3n) is 5.75. The summed E-state index contributed by atoms with van der Waals surface area (Å²) in [5.41, 5.74) is 5.22. The number of carbonyl (C=O) groups excluding carboxylic acids is 2. The van der Waals surface area contributed by atoms with Crippen LogP contribution in [0, 0.1) is 0 Å². The molecule has 1 aromatic heterocycles. The van der Waals surface area contributed by atoms with E-state index in [9.17, 15) is 9.59 Å². The maximum absolute atomic E-state index is 12.8. The van der Waals surface area contributed by atoms with Crippen LogP contribution in [0.5, 0.6) is 0 Å². The van der Waals surface area contributed by atoms with Crippen LogP contribution in [0.2, 0.25) is 0 Å². The summed E-state index contributed by atoms with van der Waals surface area (Å²) in [4.78, 5) is 24.8. The Kier molecular flexibility index (Phi) is 4.35. The number of hydrogen-bond donors (Lipinski definition) is 1. The number of esters is 1. The van der Waals surface area contributed by atoms with E-state index in [0.717, 1.165) is 18.4 Å². The second kappa shape index (κ2) is 6.54. The molecule has 5 heteroatoms. The van der Waals surface area contributed by atoms with Crippen molar-refractivity contribution in [2.75, 3.05) is 12.4 Å². The first kappa shape index (κ1) is 17.3. The summed E-state index contributed by atoms with van der Waals surface area (Å²) in [7, 11) is 1.35. The number of hydrogen-bond acceptors (Lipinski definition) is 4. The zero-order valence-corrected chi connectivity index (χ0v) is 16.0.